The van der Waals surface area contributed by atoms with E-state index in [2.05, 4.69) is 74.6 Å². The number of benzene rings is 2. The molecule has 1 heteroatoms. The Morgan fingerprint density at radius 3 is 2.45 bits per heavy atom. The molecule has 1 atom stereocenters. The van der Waals surface area contributed by atoms with E-state index < -0.39 is 0 Å². The zero-order valence-electron chi connectivity index (χ0n) is 12.4. The van der Waals surface area contributed by atoms with Crippen molar-refractivity contribution in [1.82, 2.24) is 5.32 Å². The first-order chi connectivity index (χ1) is 9.66. The Hall–Kier alpha value is -1.86. The number of hydrogen-bond acceptors (Lipinski definition) is 1. The van der Waals surface area contributed by atoms with E-state index in [9.17, 15) is 0 Å². The van der Waals surface area contributed by atoms with Crippen molar-refractivity contribution in [3.63, 3.8) is 0 Å². The molecule has 0 spiro atoms. The minimum atomic E-state index is 0.410. The number of nitrogens with one attached hydrogen (secondary N) is 1. The normalized spacial score (nSPS) is 18.6. The third-order valence-electron chi connectivity index (χ3n) is 4.13. The highest BCUT2D eigenvalue weighted by Gasteiger charge is 2.24. The summed E-state index contributed by atoms with van der Waals surface area (Å²) in [4.78, 5) is 0. The van der Waals surface area contributed by atoms with Crippen molar-refractivity contribution in [3.8, 4) is 0 Å². The molecule has 1 aliphatic heterocycles. The molecule has 0 saturated heterocycles. The SMILES string of the molecule is Cc1ccc(C2=C(c3ccccc3)C(C)NC2)c(C)c1. The molecule has 1 heterocycles. The quantitative estimate of drug-likeness (QED) is 0.856. The lowest BCUT2D eigenvalue weighted by Gasteiger charge is -2.13. The van der Waals surface area contributed by atoms with Gasteiger partial charge in [-0.25, -0.2) is 0 Å². The van der Waals surface area contributed by atoms with Crippen LogP contribution < -0.4 is 5.32 Å². The van der Waals surface area contributed by atoms with Crippen molar-refractivity contribution in [2.24, 2.45) is 0 Å². The van der Waals surface area contributed by atoms with E-state index in [0.29, 0.717) is 6.04 Å². The fraction of sp³-hybridized carbons (Fsp3) is 0.263. The Bertz CT molecular complexity index is 653. The van der Waals surface area contributed by atoms with Crippen LogP contribution in [-0.2, 0) is 0 Å². The lowest BCUT2D eigenvalue weighted by molar-refractivity contribution is 0.738. The average Bonchev–Trinajstić information content (AvgIpc) is 2.81. The molecule has 0 bridgehead atoms. The van der Waals surface area contributed by atoms with Gasteiger partial charge in [-0.1, -0.05) is 54.1 Å². The molecule has 2 aromatic carbocycles. The lowest BCUT2D eigenvalue weighted by Crippen LogP contribution is -2.20. The number of rotatable bonds is 2. The van der Waals surface area contributed by atoms with Gasteiger partial charge in [-0.3, -0.25) is 0 Å². The Labute approximate surface area is 121 Å². The fourth-order valence-corrected chi connectivity index (χ4v) is 3.15. The first-order valence-electron chi connectivity index (χ1n) is 7.26. The van der Waals surface area contributed by atoms with Crippen LogP contribution >= 0.6 is 0 Å². The molecule has 1 N–H and O–H groups in total. The van der Waals surface area contributed by atoms with E-state index in [-0.39, 0.29) is 0 Å². The molecule has 0 aromatic heterocycles. The van der Waals surface area contributed by atoms with Gasteiger partial charge in [-0.05, 0) is 48.6 Å². The molecule has 0 saturated carbocycles. The molecule has 1 nitrogen and oxygen atoms in total. The van der Waals surface area contributed by atoms with Crippen molar-refractivity contribution < 1.29 is 0 Å². The summed E-state index contributed by atoms with van der Waals surface area (Å²) in [5.41, 5.74) is 8.29. The van der Waals surface area contributed by atoms with Crippen LogP contribution in [0.2, 0.25) is 0 Å². The van der Waals surface area contributed by atoms with Crippen LogP contribution in [-0.4, -0.2) is 12.6 Å². The highest BCUT2D eigenvalue weighted by atomic mass is 14.9. The molecule has 1 unspecified atom stereocenters. The summed E-state index contributed by atoms with van der Waals surface area (Å²) >= 11 is 0. The molecule has 0 fully saturated rings. The molecule has 3 rings (SSSR count). The molecule has 0 radical (unpaired) electrons. The predicted molar refractivity (Wildman–Crippen MR) is 86.6 cm³/mol. The molecular weight excluding hydrogens is 242 g/mol. The van der Waals surface area contributed by atoms with Gasteiger partial charge >= 0.3 is 0 Å². The summed E-state index contributed by atoms with van der Waals surface area (Å²) < 4.78 is 0. The monoisotopic (exact) mass is 263 g/mol. The maximum absolute atomic E-state index is 3.58. The van der Waals surface area contributed by atoms with Crippen molar-refractivity contribution in [3.05, 3.63) is 70.8 Å². The van der Waals surface area contributed by atoms with Crippen LogP contribution in [0.3, 0.4) is 0 Å². The van der Waals surface area contributed by atoms with Crippen LogP contribution in [0, 0.1) is 13.8 Å². The largest absolute Gasteiger partial charge is 0.306 e. The summed E-state index contributed by atoms with van der Waals surface area (Å²) in [7, 11) is 0. The third kappa shape index (κ3) is 2.30. The van der Waals surface area contributed by atoms with Crippen LogP contribution in [0.15, 0.2) is 48.5 Å². The van der Waals surface area contributed by atoms with Gasteiger partial charge in [-0.15, -0.1) is 0 Å². The van der Waals surface area contributed by atoms with Gasteiger partial charge < -0.3 is 5.32 Å². The smallest absolute Gasteiger partial charge is 0.0304 e. The molecule has 0 amide bonds. The average molecular weight is 263 g/mol. The fourth-order valence-electron chi connectivity index (χ4n) is 3.15. The van der Waals surface area contributed by atoms with Gasteiger partial charge in [-0.2, -0.15) is 0 Å². The van der Waals surface area contributed by atoms with Crippen molar-refractivity contribution in [1.29, 1.82) is 0 Å². The highest BCUT2D eigenvalue weighted by molar-refractivity contribution is 5.96. The second-order valence-corrected chi connectivity index (χ2v) is 5.68. The summed E-state index contributed by atoms with van der Waals surface area (Å²) in [6.07, 6.45) is 0. The van der Waals surface area contributed by atoms with Crippen molar-refractivity contribution in [2.75, 3.05) is 6.54 Å². The molecule has 20 heavy (non-hydrogen) atoms. The van der Waals surface area contributed by atoms with Crippen molar-refractivity contribution >= 4 is 11.1 Å². The Kier molecular flexibility index (Phi) is 3.45. The Morgan fingerprint density at radius 2 is 1.75 bits per heavy atom. The summed E-state index contributed by atoms with van der Waals surface area (Å²) in [6.45, 7) is 7.56. The van der Waals surface area contributed by atoms with Crippen LogP contribution in [0.5, 0.6) is 0 Å². The van der Waals surface area contributed by atoms with E-state index in [1.54, 1.807) is 0 Å². The van der Waals surface area contributed by atoms with Gasteiger partial charge in [0.15, 0.2) is 0 Å². The van der Waals surface area contributed by atoms with Gasteiger partial charge in [0.05, 0.1) is 0 Å². The van der Waals surface area contributed by atoms with E-state index in [1.165, 1.54) is 33.4 Å². The van der Waals surface area contributed by atoms with Crippen LogP contribution in [0.25, 0.3) is 11.1 Å². The molecule has 2 aromatic rings. The maximum atomic E-state index is 3.58. The highest BCUT2D eigenvalue weighted by Crippen LogP contribution is 2.34. The Morgan fingerprint density at radius 1 is 1.00 bits per heavy atom. The van der Waals surface area contributed by atoms with Gasteiger partial charge in [0, 0.05) is 12.6 Å². The zero-order chi connectivity index (χ0) is 14.1. The minimum Gasteiger partial charge on any atom is -0.306 e. The number of aryl methyl sites for hydroxylation is 2. The summed E-state index contributed by atoms with van der Waals surface area (Å²) in [5, 5.41) is 3.58. The predicted octanol–water partition coefficient (Wildman–Crippen LogP) is 4.21. The lowest BCUT2D eigenvalue weighted by atomic mass is 9.91. The zero-order valence-corrected chi connectivity index (χ0v) is 12.4. The molecular formula is C19H21N. The summed E-state index contributed by atoms with van der Waals surface area (Å²) in [6, 6.07) is 17.9. The second-order valence-electron chi connectivity index (χ2n) is 5.68. The van der Waals surface area contributed by atoms with Gasteiger partial charge in [0.1, 0.15) is 0 Å². The van der Waals surface area contributed by atoms with Crippen LogP contribution in [0.4, 0.5) is 0 Å². The van der Waals surface area contributed by atoms with E-state index in [1.807, 2.05) is 0 Å². The standard InChI is InChI=1S/C19H21N/c1-13-9-10-17(14(2)11-13)18-12-20-15(3)19(18)16-7-5-4-6-8-16/h4-11,15,20H,12H2,1-3H3. The first-order valence-corrected chi connectivity index (χ1v) is 7.26. The van der Waals surface area contributed by atoms with E-state index in [0.717, 1.165) is 6.54 Å². The van der Waals surface area contributed by atoms with E-state index in [4.69, 9.17) is 0 Å². The minimum absolute atomic E-state index is 0.410. The molecule has 0 aliphatic carbocycles. The van der Waals surface area contributed by atoms with Gasteiger partial charge in [0.25, 0.3) is 0 Å². The summed E-state index contributed by atoms with van der Waals surface area (Å²) in [5.74, 6) is 0. The maximum Gasteiger partial charge on any atom is 0.0304 e. The van der Waals surface area contributed by atoms with E-state index >= 15 is 0 Å². The third-order valence-corrected chi connectivity index (χ3v) is 4.13. The molecule has 1 aliphatic rings. The second kappa shape index (κ2) is 5.26. The topological polar surface area (TPSA) is 12.0 Å². The molecule has 102 valence electrons. The van der Waals surface area contributed by atoms with Crippen LogP contribution in [0.1, 0.15) is 29.2 Å². The number of hydrogen-bond donors (Lipinski definition) is 1. The van der Waals surface area contributed by atoms with Gasteiger partial charge in [0.2, 0.25) is 0 Å². The van der Waals surface area contributed by atoms with Crippen molar-refractivity contribution in [2.45, 2.75) is 26.8 Å². The Balaban J connectivity index is 2.16. The first kappa shape index (κ1) is 13.1.